The summed E-state index contributed by atoms with van der Waals surface area (Å²) < 4.78 is 3.42. The predicted octanol–water partition coefficient (Wildman–Crippen LogP) is 3.14. The van der Waals surface area contributed by atoms with Gasteiger partial charge in [0.25, 0.3) is 0 Å². The number of aryl methyl sites for hydroxylation is 1. The van der Waals surface area contributed by atoms with Crippen molar-refractivity contribution in [3.63, 3.8) is 0 Å². The molecule has 0 amide bonds. The molecule has 1 aromatic heterocycles. The molecule has 2 N–H and O–H groups in total. The van der Waals surface area contributed by atoms with E-state index in [1.165, 1.54) is 9.13 Å². The maximum atomic E-state index is 6.25. The van der Waals surface area contributed by atoms with Crippen LogP contribution in [0.3, 0.4) is 0 Å². The van der Waals surface area contributed by atoms with E-state index < -0.39 is 0 Å². The van der Waals surface area contributed by atoms with E-state index in [9.17, 15) is 0 Å². The third-order valence-corrected chi connectivity index (χ3v) is 3.69. The molecule has 0 spiro atoms. The Morgan fingerprint density at radius 2 is 2.06 bits per heavy atom. The van der Waals surface area contributed by atoms with Gasteiger partial charge in [-0.3, -0.25) is 0 Å². The Morgan fingerprint density at radius 3 is 2.72 bits per heavy atom. The third-order valence-electron chi connectivity index (χ3n) is 2.97. The van der Waals surface area contributed by atoms with Crippen molar-refractivity contribution in [1.82, 2.24) is 9.55 Å². The Morgan fingerprint density at radius 1 is 1.33 bits per heavy atom. The first-order valence-corrected chi connectivity index (χ1v) is 7.29. The van der Waals surface area contributed by atoms with Crippen molar-refractivity contribution in [3.05, 3.63) is 51.6 Å². The van der Waals surface area contributed by atoms with Gasteiger partial charge in [-0.15, -0.1) is 0 Å². The van der Waals surface area contributed by atoms with Gasteiger partial charge in [0, 0.05) is 35.0 Å². The molecule has 3 nitrogen and oxygen atoms in total. The summed E-state index contributed by atoms with van der Waals surface area (Å²) in [5, 5.41) is 0. The molecule has 1 atom stereocenters. The van der Waals surface area contributed by atoms with Crippen LogP contribution in [0.25, 0.3) is 0 Å². The molecule has 0 aliphatic rings. The normalized spacial score (nSPS) is 12.6. The van der Waals surface area contributed by atoms with E-state index in [1.54, 1.807) is 0 Å². The summed E-state index contributed by atoms with van der Waals surface area (Å²) in [5.41, 5.74) is 7.41. The lowest BCUT2D eigenvalue weighted by Gasteiger charge is -2.13. The fraction of sp³-hybridized carbons (Fsp3) is 0.357. The Bertz CT molecular complexity index is 490. The van der Waals surface area contributed by atoms with E-state index in [0.717, 1.165) is 25.2 Å². The molecule has 0 aliphatic heterocycles. The van der Waals surface area contributed by atoms with E-state index in [-0.39, 0.29) is 6.04 Å². The van der Waals surface area contributed by atoms with Crippen molar-refractivity contribution < 1.29 is 0 Å². The second-order valence-corrected chi connectivity index (χ2v) is 5.64. The average molecular weight is 355 g/mol. The predicted molar refractivity (Wildman–Crippen MR) is 82.3 cm³/mol. The maximum Gasteiger partial charge on any atom is 0.110 e. The monoisotopic (exact) mass is 355 g/mol. The number of nitrogens with zero attached hydrogens (tertiary/aromatic N) is 2. The molecular weight excluding hydrogens is 337 g/mol. The second kappa shape index (κ2) is 6.33. The largest absolute Gasteiger partial charge is 0.335 e. The lowest BCUT2D eigenvalue weighted by atomic mass is 10.0. The summed E-state index contributed by atoms with van der Waals surface area (Å²) >= 11 is 2.30. The molecule has 0 fully saturated rings. The Hall–Kier alpha value is -0.880. The molecule has 1 unspecified atom stereocenters. The first-order valence-electron chi connectivity index (χ1n) is 6.21. The topological polar surface area (TPSA) is 43.8 Å². The van der Waals surface area contributed by atoms with Crippen LogP contribution in [0.15, 0.2) is 36.7 Å². The van der Waals surface area contributed by atoms with Gasteiger partial charge in [-0.2, -0.15) is 0 Å². The summed E-state index contributed by atoms with van der Waals surface area (Å²) in [7, 11) is 0. The summed E-state index contributed by atoms with van der Waals surface area (Å²) in [4.78, 5) is 4.40. The summed E-state index contributed by atoms with van der Waals surface area (Å²) in [6, 6.07) is 8.39. The van der Waals surface area contributed by atoms with Crippen LogP contribution in [0.4, 0.5) is 0 Å². The Labute approximate surface area is 122 Å². The van der Waals surface area contributed by atoms with Crippen molar-refractivity contribution >= 4 is 22.6 Å². The van der Waals surface area contributed by atoms with Gasteiger partial charge in [0.15, 0.2) is 0 Å². The molecule has 0 aliphatic carbocycles. The highest BCUT2D eigenvalue weighted by Gasteiger charge is 2.10. The van der Waals surface area contributed by atoms with E-state index in [0.29, 0.717) is 0 Å². The highest BCUT2D eigenvalue weighted by atomic mass is 127. The van der Waals surface area contributed by atoms with Crippen LogP contribution in [0.1, 0.15) is 30.8 Å². The minimum absolute atomic E-state index is 0.0139. The van der Waals surface area contributed by atoms with E-state index in [4.69, 9.17) is 5.73 Å². The highest BCUT2D eigenvalue weighted by Crippen LogP contribution is 2.17. The summed E-state index contributed by atoms with van der Waals surface area (Å²) in [6.07, 6.45) is 5.78. The van der Waals surface area contributed by atoms with Gasteiger partial charge in [-0.1, -0.05) is 19.1 Å². The number of imidazole rings is 1. The van der Waals surface area contributed by atoms with Crippen LogP contribution in [-0.4, -0.2) is 9.55 Å². The van der Waals surface area contributed by atoms with Gasteiger partial charge in [-0.25, -0.2) is 4.98 Å². The molecule has 2 aromatic rings. The van der Waals surface area contributed by atoms with Crippen molar-refractivity contribution in [1.29, 1.82) is 0 Å². The third kappa shape index (κ3) is 3.32. The van der Waals surface area contributed by atoms with Gasteiger partial charge in [-0.05, 0) is 46.7 Å². The molecular formula is C14H18IN3. The lowest BCUT2D eigenvalue weighted by molar-refractivity contribution is 0.599. The minimum atomic E-state index is 0.0139. The number of halogens is 1. The van der Waals surface area contributed by atoms with Gasteiger partial charge in [0.05, 0.1) is 0 Å². The number of rotatable bonds is 5. The smallest absolute Gasteiger partial charge is 0.110 e. The van der Waals surface area contributed by atoms with Crippen molar-refractivity contribution in [3.8, 4) is 0 Å². The quantitative estimate of drug-likeness (QED) is 0.838. The van der Waals surface area contributed by atoms with Crippen LogP contribution >= 0.6 is 22.6 Å². The van der Waals surface area contributed by atoms with Crippen LogP contribution in [0, 0.1) is 3.57 Å². The van der Waals surface area contributed by atoms with Crippen molar-refractivity contribution in [2.75, 3.05) is 0 Å². The summed E-state index contributed by atoms with van der Waals surface area (Å²) in [6.45, 7) is 3.18. The number of hydrogen-bond donors (Lipinski definition) is 1. The van der Waals surface area contributed by atoms with Crippen molar-refractivity contribution in [2.24, 2.45) is 5.73 Å². The van der Waals surface area contributed by atoms with Gasteiger partial charge in [0.1, 0.15) is 5.82 Å². The number of benzene rings is 1. The molecule has 96 valence electrons. The zero-order valence-corrected chi connectivity index (χ0v) is 12.7. The van der Waals surface area contributed by atoms with Crippen LogP contribution in [-0.2, 0) is 13.0 Å². The van der Waals surface area contributed by atoms with Crippen LogP contribution in [0.5, 0.6) is 0 Å². The van der Waals surface area contributed by atoms with Crippen LogP contribution in [0.2, 0.25) is 0 Å². The first-order chi connectivity index (χ1) is 8.70. The minimum Gasteiger partial charge on any atom is -0.335 e. The zero-order valence-electron chi connectivity index (χ0n) is 10.5. The molecule has 1 heterocycles. The summed E-state index contributed by atoms with van der Waals surface area (Å²) in [5.74, 6) is 1.07. The highest BCUT2D eigenvalue weighted by molar-refractivity contribution is 14.1. The number of hydrogen-bond acceptors (Lipinski definition) is 2. The maximum absolute atomic E-state index is 6.25. The molecule has 0 saturated heterocycles. The standard InChI is InChI=1S/C14H18IN3/c1-2-8-18-9-7-17-14(18)10-13(16)11-3-5-12(15)6-4-11/h3-7,9,13H,2,8,10,16H2,1H3. The molecule has 0 saturated carbocycles. The van der Waals surface area contributed by atoms with Gasteiger partial charge in [0.2, 0.25) is 0 Å². The number of nitrogens with two attached hydrogens (primary N) is 1. The average Bonchev–Trinajstić information content (AvgIpc) is 2.78. The fourth-order valence-corrected chi connectivity index (χ4v) is 2.36. The van der Waals surface area contributed by atoms with E-state index >= 15 is 0 Å². The number of aromatic nitrogens is 2. The lowest BCUT2D eigenvalue weighted by Crippen LogP contribution is -2.16. The van der Waals surface area contributed by atoms with E-state index in [1.807, 2.05) is 12.4 Å². The zero-order chi connectivity index (χ0) is 13.0. The molecule has 0 radical (unpaired) electrons. The molecule has 0 bridgehead atoms. The Kier molecular flexibility index (Phi) is 4.77. The fourth-order valence-electron chi connectivity index (χ4n) is 2.00. The molecule has 1 aromatic carbocycles. The second-order valence-electron chi connectivity index (χ2n) is 4.40. The Balaban J connectivity index is 2.08. The van der Waals surface area contributed by atoms with Crippen molar-refractivity contribution in [2.45, 2.75) is 32.4 Å². The molecule has 2 rings (SSSR count). The van der Waals surface area contributed by atoms with Crippen LogP contribution < -0.4 is 5.73 Å². The van der Waals surface area contributed by atoms with Gasteiger partial charge < -0.3 is 10.3 Å². The SMILES string of the molecule is CCCn1ccnc1CC(N)c1ccc(I)cc1. The molecule has 4 heteroatoms. The molecule has 18 heavy (non-hydrogen) atoms. The first kappa shape index (κ1) is 13.5. The van der Waals surface area contributed by atoms with E-state index in [2.05, 4.69) is 63.3 Å². The van der Waals surface area contributed by atoms with Gasteiger partial charge >= 0.3 is 0 Å².